The highest BCUT2D eigenvalue weighted by atomic mass is 127. The average Bonchev–Trinajstić information content (AvgIpc) is 2.40. The fraction of sp³-hybridized carbons (Fsp3) is 0.231. The maximum atomic E-state index is 12.2. The molecular weight excluding hydrogens is 384 g/mol. The largest absolute Gasteiger partial charge is 0.389 e. The molecule has 0 unspecified atom stereocenters. The molecule has 0 fully saturated rings. The Kier molecular flexibility index (Phi) is 4.46. The zero-order valence-electron chi connectivity index (χ0n) is 10.2. The smallest absolute Gasteiger partial charge is 0.310 e. The third-order valence-corrected chi connectivity index (χ3v) is 3.61. The number of aromatic nitrogens is 2. The van der Waals surface area contributed by atoms with Crippen LogP contribution in [0.25, 0.3) is 11.3 Å². The Hall–Kier alpha value is -1.38. The van der Waals surface area contributed by atoms with Crippen molar-refractivity contribution in [1.29, 1.82) is 0 Å². The van der Waals surface area contributed by atoms with E-state index in [0.29, 0.717) is 14.8 Å². The highest BCUT2D eigenvalue weighted by molar-refractivity contribution is 14.1. The maximum absolute atomic E-state index is 12.2. The van der Waals surface area contributed by atoms with Gasteiger partial charge in [0.25, 0.3) is 5.56 Å². The second-order valence-corrected chi connectivity index (χ2v) is 5.24. The summed E-state index contributed by atoms with van der Waals surface area (Å²) < 4.78 is 37.0. The molecule has 106 valence electrons. The van der Waals surface area contributed by atoms with E-state index in [1.807, 2.05) is 28.7 Å². The second-order valence-electron chi connectivity index (χ2n) is 4.16. The van der Waals surface area contributed by atoms with Crippen LogP contribution in [0, 0.1) is 3.57 Å². The number of aromatic amines is 1. The molecule has 2 aromatic rings. The van der Waals surface area contributed by atoms with Crippen LogP contribution in [0.3, 0.4) is 0 Å². The number of H-pyrrole nitrogens is 1. The summed E-state index contributed by atoms with van der Waals surface area (Å²) in [7, 11) is 0. The molecule has 1 aromatic heterocycles. The lowest BCUT2D eigenvalue weighted by molar-refractivity contribution is -0.134. The van der Waals surface area contributed by atoms with Gasteiger partial charge in [0.1, 0.15) is 9.39 Å². The van der Waals surface area contributed by atoms with Gasteiger partial charge in [0.15, 0.2) is 0 Å². The van der Waals surface area contributed by atoms with E-state index in [9.17, 15) is 18.0 Å². The van der Waals surface area contributed by atoms with Crippen LogP contribution in [0.2, 0.25) is 0 Å². The quantitative estimate of drug-likeness (QED) is 0.810. The zero-order valence-corrected chi connectivity index (χ0v) is 12.3. The molecule has 0 aliphatic rings. The summed E-state index contributed by atoms with van der Waals surface area (Å²) in [6.07, 6.45) is -5.62. The van der Waals surface area contributed by atoms with E-state index in [1.54, 1.807) is 24.3 Å². The molecule has 0 bridgehead atoms. The number of nitrogens with one attached hydrogen (secondary N) is 1. The first kappa shape index (κ1) is 15.0. The van der Waals surface area contributed by atoms with E-state index in [2.05, 4.69) is 9.97 Å². The Morgan fingerprint density at radius 3 is 2.45 bits per heavy atom. The highest BCUT2D eigenvalue weighted by Crippen LogP contribution is 2.23. The van der Waals surface area contributed by atoms with Gasteiger partial charge in [-0.05, 0) is 22.6 Å². The Morgan fingerprint density at radius 2 is 1.85 bits per heavy atom. The Morgan fingerprint density at radius 1 is 1.20 bits per heavy atom. The topological polar surface area (TPSA) is 45.8 Å². The number of hydrogen-bond acceptors (Lipinski definition) is 2. The molecule has 0 spiro atoms. The van der Waals surface area contributed by atoms with Gasteiger partial charge in [0.2, 0.25) is 0 Å². The lowest BCUT2D eigenvalue weighted by atomic mass is 10.1. The molecule has 0 saturated carbocycles. The third kappa shape index (κ3) is 3.81. The fourth-order valence-electron chi connectivity index (χ4n) is 1.67. The van der Waals surface area contributed by atoms with E-state index < -0.39 is 18.2 Å². The van der Waals surface area contributed by atoms with Crippen molar-refractivity contribution in [2.45, 2.75) is 19.0 Å². The minimum atomic E-state index is -4.27. The lowest BCUT2D eigenvalue weighted by Crippen LogP contribution is -2.18. The van der Waals surface area contributed by atoms with Crippen LogP contribution in [0.15, 0.2) is 35.1 Å². The SMILES string of the molecule is O=c1[nH]c(CCC(F)(F)F)nc(-c2ccccc2)c1I. The summed E-state index contributed by atoms with van der Waals surface area (Å²) in [4.78, 5) is 18.3. The first-order valence-corrected chi connectivity index (χ1v) is 6.85. The van der Waals surface area contributed by atoms with E-state index >= 15 is 0 Å². The van der Waals surface area contributed by atoms with Crippen LogP contribution in [-0.2, 0) is 6.42 Å². The normalized spacial score (nSPS) is 11.6. The molecule has 1 N–H and O–H groups in total. The number of hydrogen-bond donors (Lipinski definition) is 1. The number of halogens is 4. The zero-order chi connectivity index (χ0) is 14.8. The molecule has 20 heavy (non-hydrogen) atoms. The predicted molar refractivity (Wildman–Crippen MR) is 77.4 cm³/mol. The summed E-state index contributed by atoms with van der Waals surface area (Å²) in [6, 6.07) is 8.90. The van der Waals surface area contributed by atoms with Crippen LogP contribution in [0.5, 0.6) is 0 Å². The molecule has 1 aromatic carbocycles. The molecule has 2 rings (SSSR count). The molecule has 0 saturated heterocycles. The van der Waals surface area contributed by atoms with Gasteiger partial charge < -0.3 is 4.98 Å². The Labute approximate surface area is 126 Å². The number of benzene rings is 1. The number of rotatable bonds is 3. The molecule has 0 radical (unpaired) electrons. The predicted octanol–water partition coefficient (Wildman–Crippen LogP) is 3.54. The van der Waals surface area contributed by atoms with Crippen molar-refractivity contribution < 1.29 is 13.2 Å². The van der Waals surface area contributed by atoms with E-state index in [1.165, 1.54) is 0 Å². The molecule has 0 amide bonds. The van der Waals surface area contributed by atoms with Crippen molar-refractivity contribution in [3.05, 3.63) is 50.1 Å². The van der Waals surface area contributed by atoms with Gasteiger partial charge in [-0.3, -0.25) is 4.79 Å². The third-order valence-electron chi connectivity index (χ3n) is 2.60. The van der Waals surface area contributed by atoms with Crippen LogP contribution in [-0.4, -0.2) is 16.1 Å². The minimum absolute atomic E-state index is 0.0478. The molecule has 1 heterocycles. The molecule has 0 atom stereocenters. The minimum Gasteiger partial charge on any atom is -0.310 e. The molecule has 0 aliphatic heterocycles. The Balaban J connectivity index is 2.38. The van der Waals surface area contributed by atoms with Gasteiger partial charge in [-0.1, -0.05) is 30.3 Å². The van der Waals surface area contributed by atoms with Gasteiger partial charge in [0.05, 0.1) is 12.1 Å². The number of nitrogens with zero attached hydrogens (tertiary/aromatic N) is 1. The summed E-state index contributed by atoms with van der Waals surface area (Å²) in [5.74, 6) is 0.0478. The summed E-state index contributed by atoms with van der Waals surface area (Å²) in [5, 5.41) is 0. The van der Waals surface area contributed by atoms with Crippen molar-refractivity contribution in [2.24, 2.45) is 0 Å². The van der Waals surface area contributed by atoms with Gasteiger partial charge in [0, 0.05) is 12.0 Å². The highest BCUT2D eigenvalue weighted by Gasteiger charge is 2.27. The van der Waals surface area contributed by atoms with Gasteiger partial charge in [-0.2, -0.15) is 13.2 Å². The first-order valence-electron chi connectivity index (χ1n) is 5.78. The average molecular weight is 394 g/mol. The van der Waals surface area contributed by atoms with Crippen molar-refractivity contribution in [3.8, 4) is 11.3 Å². The molecule has 0 aliphatic carbocycles. The first-order chi connectivity index (χ1) is 9.37. The molecular formula is C13H10F3IN2O. The van der Waals surface area contributed by atoms with Crippen LogP contribution >= 0.6 is 22.6 Å². The summed E-state index contributed by atoms with van der Waals surface area (Å²) in [6.45, 7) is 0. The maximum Gasteiger partial charge on any atom is 0.389 e. The number of alkyl halides is 3. The Bertz CT molecular complexity index is 653. The monoisotopic (exact) mass is 394 g/mol. The molecule has 7 heteroatoms. The van der Waals surface area contributed by atoms with E-state index in [-0.39, 0.29) is 12.2 Å². The lowest BCUT2D eigenvalue weighted by Gasteiger charge is -2.08. The van der Waals surface area contributed by atoms with Gasteiger partial charge in [-0.15, -0.1) is 0 Å². The second kappa shape index (κ2) is 5.94. The van der Waals surface area contributed by atoms with E-state index in [4.69, 9.17) is 0 Å². The van der Waals surface area contributed by atoms with Crippen LogP contribution in [0.1, 0.15) is 12.2 Å². The van der Waals surface area contributed by atoms with Crippen molar-refractivity contribution >= 4 is 22.6 Å². The van der Waals surface area contributed by atoms with Crippen LogP contribution in [0.4, 0.5) is 13.2 Å². The molecule has 3 nitrogen and oxygen atoms in total. The standard InChI is InChI=1S/C13H10F3IN2O/c14-13(15,16)7-6-9-18-11(10(17)12(20)19-9)8-4-2-1-3-5-8/h1-5H,6-7H2,(H,18,19,20). The summed E-state index contributed by atoms with van der Waals surface area (Å²) >= 11 is 1.84. The summed E-state index contributed by atoms with van der Waals surface area (Å²) in [5.41, 5.74) is 0.694. The number of aryl methyl sites for hydroxylation is 1. The van der Waals surface area contributed by atoms with Crippen molar-refractivity contribution in [1.82, 2.24) is 9.97 Å². The fourth-order valence-corrected chi connectivity index (χ4v) is 2.24. The van der Waals surface area contributed by atoms with Gasteiger partial charge >= 0.3 is 6.18 Å². The van der Waals surface area contributed by atoms with Gasteiger partial charge in [-0.25, -0.2) is 4.98 Å². The van der Waals surface area contributed by atoms with Crippen molar-refractivity contribution in [2.75, 3.05) is 0 Å². The van der Waals surface area contributed by atoms with Crippen LogP contribution < -0.4 is 5.56 Å². The van der Waals surface area contributed by atoms with E-state index in [0.717, 1.165) is 0 Å². The van der Waals surface area contributed by atoms with Crippen molar-refractivity contribution in [3.63, 3.8) is 0 Å².